The third-order valence-corrected chi connectivity index (χ3v) is 2.54. The first kappa shape index (κ1) is 9.98. The summed E-state index contributed by atoms with van der Waals surface area (Å²) in [7, 11) is 0. The largest absolute Gasteiger partial charge is 0.493 e. The van der Waals surface area contributed by atoms with Crippen molar-refractivity contribution in [3.63, 3.8) is 0 Å². The van der Waals surface area contributed by atoms with Crippen LogP contribution >= 0.6 is 0 Å². The first-order valence-corrected chi connectivity index (χ1v) is 4.90. The van der Waals surface area contributed by atoms with Gasteiger partial charge in [-0.3, -0.25) is 4.79 Å². The van der Waals surface area contributed by atoms with Crippen molar-refractivity contribution in [2.24, 2.45) is 5.73 Å². The molecule has 0 spiro atoms. The SMILES string of the molecule is N[C@@H](CC(=O)O)c1ccc2c(c1)CCO2. The second kappa shape index (κ2) is 3.90. The van der Waals surface area contributed by atoms with Crippen molar-refractivity contribution in [1.82, 2.24) is 0 Å². The summed E-state index contributed by atoms with van der Waals surface area (Å²) in [5.41, 5.74) is 7.75. The molecule has 0 aromatic heterocycles. The summed E-state index contributed by atoms with van der Waals surface area (Å²) in [6, 6.07) is 5.20. The fourth-order valence-corrected chi connectivity index (χ4v) is 1.74. The lowest BCUT2D eigenvalue weighted by Crippen LogP contribution is -2.15. The van der Waals surface area contributed by atoms with Gasteiger partial charge in [0.15, 0.2) is 0 Å². The molecule has 0 amide bonds. The van der Waals surface area contributed by atoms with Gasteiger partial charge in [0.2, 0.25) is 0 Å². The molecule has 0 fully saturated rings. The lowest BCUT2D eigenvalue weighted by molar-refractivity contribution is -0.137. The van der Waals surface area contributed by atoms with Gasteiger partial charge < -0.3 is 15.6 Å². The van der Waals surface area contributed by atoms with Gasteiger partial charge in [0.1, 0.15) is 5.75 Å². The summed E-state index contributed by atoms with van der Waals surface area (Å²) in [6.45, 7) is 0.701. The Bertz CT molecular complexity index is 389. The first-order chi connectivity index (χ1) is 7.16. The van der Waals surface area contributed by atoms with E-state index in [0.29, 0.717) is 6.61 Å². The lowest BCUT2D eigenvalue weighted by atomic mass is 10.0. The smallest absolute Gasteiger partial charge is 0.305 e. The molecule has 0 unspecified atom stereocenters. The van der Waals surface area contributed by atoms with E-state index in [2.05, 4.69) is 0 Å². The minimum atomic E-state index is -0.876. The highest BCUT2D eigenvalue weighted by molar-refractivity contribution is 5.68. The summed E-state index contributed by atoms with van der Waals surface area (Å²) < 4.78 is 5.36. The van der Waals surface area contributed by atoms with Crippen LogP contribution < -0.4 is 10.5 Å². The first-order valence-electron chi connectivity index (χ1n) is 4.90. The molecule has 0 bridgehead atoms. The molecule has 15 heavy (non-hydrogen) atoms. The molecular weight excluding hydrogens is 194 g/mol. The molecule has 2 rings (SSSR count). The number of ether oxygens (including phenoxy) is 1. The van der Waals surface area contributed by atoms with Crippen molar-refractivity contribution < 1.29 is 14.6 Å². The van der Waals surface area contributed by atoms with E-state index in [1.807, 2.05) is 18.2 Å². The maximum atomic E-state index is 10.5. The van der Waals surface area contributed by atoms with Crippen molar-refractivity contribution in [3.05, 3.63) is 29.3 Å². The van der Waals surface area contributed by atoms with Crippen LogP contribution in [0, 0.1) is 0 Å². The van der Waals surface area contributed by atoms with Gasteiger partial charge in [0, 0.05) is 12.5 Å². The molecule has 0 saturated heterocycles. The van der Waals surface area contributed by atoms with Crippen molar-refractivity contribution >= 4 is 5.97 Å². The summed E-state index contributed by atoms with van der Waals surface area (Å²) in [4.78, 5) is 10.5. The average molecular weight is 207 g/mol. The molecule has 1 aromatic rings. The molecule has 1 aromatic carbocycles. The average Bonchev–Trinajstić information content (AvgIpc) is 2.62. The summed E-state index contributed by atoms with van der Waals surface area (Å²) >= 11 is 0. The molecule has 1 aliphatic heterocycles. The predicted octanol–water partition coefficient (Wildman–Crippen LogP) is 1.10. The molecule has 0 saturated carbocycles. The highest BCUT2D eigenvalue weighted by Crippen LogP contribution is 2.28. The molecule has 1 atom stereocenters. The van der Waals surface area contributed by atoms with Crippen molar-refractivity contribution in [2.45, 2.75) is 18.9 Å². The Kier molecular flexibility index (Phi) is 2.60. The van der Waals surface area contributed by atoms with Crippen LogP contribution in [0.15, 0.2) is 18.2 Å². The van der Waals surface area contributed by atoms with E-state index in [1.54, 1.807) is 0 Å². The fourth-order valence-electron chi connectivity index (χ4n) is 1.74. The van der Waals surface area contributed by atoms with Crippen LogP contribution in [0.4, 0.5) is 0 Å². The molecule has 0 aliphatic carbocycles. The van der Waals surface area contributed by atoms with Crippen LogP contribution in [-0.2, 0) is 11.2 Å². The number of carboxylic acids is 1. The normalized spacial score (nSPS) is 15.5. The van der Waals surface area contributed by atoms with Gasteiger partial charge in [0.05, 0.1) is 13.0 Å². The molecule has 3 N–H and O–H groups in total. The van der Waals surface area contributed by atoms with Gasteiger partial charge in [0.25, 0.3) is 0 Å². The standard InChI is InChI=1S/C11H13NO3/c12-9(6-11(13)14)7-1-2-10-8(5-7)3-4-15-10/h1-2,5,9H,3-4,6,12H2,(H,13,14)/t9-/m0/s1. The van der Waals surface area contributed by atoms with Gasteiger partial charge in [-0.15, -0.1) is 0 Å². The van der Waals surface area contributed by atoms with Crippen LogP contribution in [0.1, 0.15) is 23.6 Å². The predicted molar refractivity (Wildman–Crippen MR) is 54.8 cm³/mol. The number of carbonyl (C=O) groups is 1. The number of aliphatic carboxylic acids is 1. The van der Waals surface area contributed by atoms with Crippen LogP contribution in [0.3, 0.4) is 0 Å². The number of fused-ring (bicyclic) bond motifs is 1. The third kappa shape index (κ3) is 2.10. The molecule has 0 radical (unpaired) electrons. The second-order valence-corrected chi connectivity index (χ2v) is 3.67. The zero-order valence-corrected chi connectivity index (χ0v) is 8.27. The van der Waals surface area contributed by atoms with Gasteiger partial charge in [-0.05, 0) is 17.2 Å². The zero-order chi connectivity index (χ0) is 10.8. The number of nitrogens with two attached hydrogens (primary N) is 1. The van der Waals surface area contributed by atoms with E-state index in [1.165, 1.54) is 0 Å². The Balaban J connectivity index is 2.19. The van der Waals surface area contributed by atoms with E-state index in [0.717, 1.165) is 23.3 Å². The van der Waals surface area contributed by atoms with Crippen LogP contribution in [0.2, 0.25) is 0 Å². The fraction of sp³-hybridized carbons (Fsp3) is 0.364. The lowest BCUT2D eigenvalue weighted by Gasteiger charge is -2.10. The monoisotopic (exact) mass is 207 g/mol. The Hall–Kier alpha value is -1.55. The quantitative estimate of drug-likeness (QED) is 0.778. The third-order valence-electron chi connectivity index (χ3n) is 2.54. The number of benzene rings is 1. The van der Waals surface area contributed by atoms with E-state index < -0.39 is 12.0 Å². The second-order valence-electron chi connectivity index (χ2n) is 3.67. The minimum absolute atomic E-state index is 0.0420. The Morgan fingerprint density at radius 3 is 3.13 bits per heavy atom. The Labute approximate surface area is 87.7 Å². The van der Waals surface area contributed by atoms with E-state index in [9.17, 15) is 4.79 Å². The van der Waals surface area contributed by atoms with Crippen molar-refractivity contribution in [3.8, 4) is 5.75 Å². The summed E-state index contributed by atoms with van der Waals surface area (Å²) in [5, 5.41) is 8.63. The van der Waals surface area contributed by atoms with Crippen molar-refractivity contribution in [2.75, 3.05) is 6.61 Å². The zero-order valence-electron chi connectivity index (χ0n) is 8.27. The van der Waals surface area contributed by atoms with Gasteiger partial charge >= 0.3 is 5.97 Å². The summed E-state index contributed by atoms with van der Waals surface area (Å²) in [6.07, 6.45) is 0.836. The van der Waals surface area contributed by atoms with Gasteiger partial charge in [-0.2, -0.15) is 0 Å². The topological polar surface area (TPSA) is 72.6 Å². The van der Waals surface area contributed by atoms with Gasteiger partial charge in [-0.25, -0.2) is 0 Å². The van der Waals surface area contributed by atoms with E-state index in [4.69, 9.17) is 15.6 Å². The molecule has 1 heterocycles. The number of rotatable bonds is 3. The molecule has 4 nitrogen and oxygen atoms in total. The summed E-state index contributed by atoms with van der Waals surface area (Å²) in [5.74, 6) is 0.0144. The molecule has 80 valence electrons. The number of hydrogen-bond donors (Lipinski definition) is 2. The van der Waals surface area contributed by atoms with Crippen LogP contribution in [-0.4, -0.2) is 17.7 Å². The van der Waals surface area contributed by atoms with Gasteiger partial charge in [-0.1, -0.05) is 12.1 Å². The number of carboxylic acid groups (broad SMARTS) is 1. The van der Waals surface area contributed by atoms with E-state index in [-0.39, 0.29) is 6.42 Å². The molecular formula is C11H13NO3. The Morgan fingerprint density at radius 2 is 2.40 bits per heavy atom. The minimum Gasteiger partial charge on any atom is -0.493 e. The Morgan fingerprint density at radius 1 is 1.60 bits per heavy atom. The van der Waals surface area contributed by atoms with Crippen LogP contribution in [0.25, 0.3) is 0 Å². The molecule has 1 aliphatic rings. The highest BCUT2D eigenvalue weighted by Gasteiger charge is 2.16. The number of hydrogen-bond acceptors (Lipinski definition) is 3. The maximum Gasteiger partial charge on any atom is 0.305 e. The van der Waals surface area contributed by atoms with E-state index >= 15 is 0 Å². The molecule has 4 heteroatoms. The highest BCUT2D eigenvalue weighted by atomic mass is 16.5. The van der Waals surface area contributed by atoms with Crippen molar-refractivity contribution in [1.29, 1.82) is 0 Å². The van der Waals surface area contributed by atoms with Crippen LogP contribution in [0.5, 0.6) is 5.75 Å². The maximum absolute atomic E-state index is 10.5.